The first-order valence-electron chi connectivity index (χ1n) is 5.42. The molecule has 8 heteroatoms. The number of hydrogen-bond donors (Lipinski definition) is 2. The van der Waals surface area contributed by atoms with Crippen LogP contribution in [-0.2, 0) is 4.79 Å². The van der Waals surface area contributed by atoms with Gasteiger partial charge in [0.25, 0.3) is 5.91 Å². The SMILES string of the molecule is N#CCC[C@H](NC(=O)c1c(F)cc(F)cc1F)C(=O)O. The number of amides is 1. The number of carboxylic acid groups (broad SMARTS) is 1. The number of carboxylic acids is 1. The molecule has 0 heterocycles. The zero-order valence-corrected chi connectivity index (χ0v) is 9.99. The van der Waals surface area contributed by atoms with E-state index in [0.717, 1.165) is 0 Å². The van der Waals surface area contributed by atoms with Gasteiger partial charge in [-0.15, -0.1) is 0 Å². The molecule has 1 atom stereocenters. The molecular weight excluding hydrogens is 277 g/mol. The van der Waals surface area contributed by atoms with E-state index in [-0.39, 0.29) is 12.8 Å². The molecule has 20 heavy (non-hydrogen) atoms. The Labute approximate surface area is 111 Å². The first-order chi connectivity index (χ1) is 9.36. The first-order valence-corrected chi connectivity index (χ1v) is 5.42. The van der Waals surface area contributed by atoms with Gasteiger partial charge in [-0.2, -0.15) is 5.26 Å². The highest BCUT2D eigenvalue weighted by atomic mass is 19.1. The van der Waals surface area contributed by atoms with Crippen molar-refractivity contribution in [3.63, 3.8) is 0 Å². The molecule has 0 aromatic heterocycles. The minimum Gasteiger partial charge on any atom is -0.480 e. The van der Waals surface area contributed by atoms with Gasteiger partial charge in [0.15, 0.2) is 0 Å². The third-order valence-electron chi connectivity index (χ3n) is 2.38. The lowest BCUT2D eigenvalue weighted by atomic mass is 10.1. The van der Waals surface area contributed by atoms with Gasteiger partial charge in [-0.05, 0) is 6.42 Å². The maximum absolute atomic E-state index is 13.3. The van der Waals surface area contributed by atoms with Crippen LogP contribution in [0.2, 0.25) is 0 Å². The Kier molecular flexibility index (Phi) is 5.08. The maximum atomic E-state index is 13.3. The van der Waals surface area contributed by atoms with Crippen LogP contribution in [0.3, 0.4) is 0 Å². The molecule has 0 bridgehead atoms. The largest absolute Gasteiger partial charge is 0.480 e. The molecule has 0 spiro atoms. The summed E-state index contributed by atoms with van der Waals surface area (Å²) < 4.78 is 39.3. The van der Waals surface area contributed by atoms with Crippen LogP contribution in [0, 0.1) is 28.8 Å². The van der Waals surface area contributed by atoms with Crippen molar-refractivity contribution in [2.75, 3.05) is 0 Å². The summed E-state index contributed by atoms with van der Waals surface area (Å²) in [5.74, 6) is -6.86. The summed E-state index contributed by atoms with van der Waals surface area (Å²) in [6.45, 7) is 0. The second-order valence-corrected chi connectivity index (χ2v) is 3.81. The van der Waals surface area contributed by atoms with E-state index in [1.165, 1.54) is 0 Å². The fraction of sp³-hybridized carbons (Fsp3) is 0.250. The average molecular weight is 286 g/mol. The van der Waals surface area contributed by atoms with Crippen LogP contribution in [0.5, 0.6) is 0 Å². The predicted octanol–water partition coefficient (Wildman–Crippen LogP) is 1.59. The van der Waals surface area contributed by atoms with Crippen LogP contribution in [0.15, 0.2) is 12.1 Å². The number of nitriles is 1. The van der Waals surface area contributed by atoms with Crippen LogP contribution < -0.4 is 5.32 Å². The first kappa shape index (κ1) is 15.5. The standard InChI is InChI=1S/C12H9F3N2O3/c13-6-4-7(14)10(8(15)5-6)11(18)17-9(12(19)20)2-1-3-16/h4-5,9H,1-2H2,(H,17,18)(H,19,20)/t9-/m0/s1. The fourth-order valence-corrected chi connectivity index (χ4v) is 1.46. The highest BCUT2D eigenvalue weighted by Gasteiger charge is 2.24. The van der Waals surface area contributed by atoms with Crippen molar-refractivity contribution < 1.29 is 27.9 Å². The van der Waals surface area contributed by atoms with Gasteiger partial charge in [0, 0.05) is 18.6 Å². The van der Waals surface area contributed by atoms with Gasteiger partial charge < -0.3 is 10.4 Å². The van der Waals surface area contributed by atoms with E-state index in [1.807, 2.05) is 5.32 Å². The number of hydrogen-bond acceptors (Lipinski definition) is 3. The van der Waals surface area contributed by atoms with Crippen molar-refractivity contribution >= 4 is 11.9 Å². The zero-order valence-electron chi connectivity index (χ0n) is 9.99. The number of carbonyl (C=O) groups excluding carboxylic acids is 1. The van der Waals surface area contributed by atoms with E-state index in [9.17, 15) is 22.8 Å². The van der Waals surface area contributed by atoms with E-state index < -0.39 is 40.9 Å². The summed E-state index contributed by atoms with van der Waals surface area (Å²) in [6, 6.07) is 0.834. The smallest absolute Gasteiger partial charge is 0.326 e. The van der Waals surface area contributed by atoms with Crippen LogP contribution in [0.25, 0.3) is 0 Å². The second kappa shape index (κ2) is 6.56. The fourth-order valence-electron chi connectivity index (χ4n) is 1.46. The molecule has 0 radical (unpaired) electrons. The Morgan fingerprint density at radius 3 is 2.30 bits per heavy atom. The van der Waals surface area contributed by atoms with Gasteiger partial charge in [-0.3, -0.25) is 4.79 Å². The van der Waals surface area contributed by atoms with Gasteiger partial charge in [0.2, 0.25) is 0 Å². The van der Waals surface area contributed by atoms with Crippen LogP contribution in [0.1, 0.15) is 23.2 Å². The zero-order chi connectivity index (χ0) is 15.3. The number of rotatable bonds is 5. The molecule has 0 fully saturated rings. The van der Waals surface area contributed by atoms with Crippen molar-refractivity contribution in [2.45, 2.75) is 18.9 Å². The van der Waals surface area contributed by atoms with Crippen molar-refractivity contribution in [3.8, 4) is 6.07 Å². The molecular formula is C12H9F3N2O3. The van der Waals surface area contributed by atoms with Crippen molar-refractivity contribution in [2.24, 2.45) is 0 Å². The van der Waals surface area contributed by atoms with Crippen LogP contribution in [0.4, 0.5) is 13.2 Å². The Morgan fingerprint density at radius 2 is 1.85 bits per heavy atom. The summed E-state index contributed by atoms with van der Waals surface area (Å²) in [5.41, 5.74) is -1.07. The average Bonchev–Trinajstić information content (AvgIpc) is 2.32. The Balaban J connectivity index is 2.95. The summed E-state index contributed by atoms with van der Waals surface area (Å²) in [5, 5.41) is 19.0. The summed E-state index contributed by atoms with van der Waals surface area (Å²) in [6.07, 6.45) is -0.381. The Morgan fingerprint density at radius 1 is 1.30 bits per heavy atom. The van der Waals surface area contributed by atoms with E-state index in [1.54, 1.807) is 6.07 Å². The number of aliphatic carboxylic acids is 1. The van der Waals surface area contributed by atoms with E-state index in [2.05, 4.69) is 0 Å². The van der Waals surface area contributed by atoms with E-state index in [4.69, 9.17) is 10.4 Å². The Hall–Kier alpha value is -2.56. The van der Waals surface area contributed by atoms with Gasteiger partial charge in [-0.25, -0.2) is 18.0 Å². The normalized spacial score (nSPS) is 11.5. The number of benzene rings is 1. The Bertz CT molecular complexity index is 561. The van der Waals surface area contributed by atoms with Crippen LogP contribution >= 0.6 is 0 Å². The van der Waals surface area contributed by atoms with Gasteiger partial charge in [0.05, 0.1) is 6.07 Å². The molecule has 2 N–H and O–H groups in total. The monoisotopic (exact) mass is 286 g/mol. The lowest BCUT2D eigenvalue weighted by Crippen LogP contribution is -2.41. The minimum absolute atomic E-state index is 0.161. The maximum Gasteiger partial charge on any atom is 0.326 e. The number of nitrogens with zero attached hydrogens (tertiary/aromatic N) is 1. The molecule has 0 aliphatic heterocycles. The van der Waals surface area contributed by atoms with Crippen LogP contribution in [-0.4, -0.2) is 23.0 Å². The highest BCUT2D eigenvalue weighted by Crippen LogP contribution is 2.15. The topological polar surface area (TPSA) is 90.2 Å². The summed E-state index contributed by atoms with van der Waals surface area (Å²) in [4.78, 5) is 22.4. The molecule has 106 valence electrons. The second-order valence-electron chi connectivity index (χ2n) is 3.81. The molecule has 0 saturated carbocycles. The lowest BCUT2D eigenvalue weighted by molar-refractivity contribution is -0.139. The van der Waals surface area contributed by atoms with Crippen molar-refractivity contribution in [1.29, 1.82) is 5.26 Å². The number of halogens is 3. The molecule has 5 nitrogen and oxygen atoms in total. The highest BCUT2D eigenvalue weighted by molar-refractivity contribution is 5.97. The van der Waals surface area contributed by atoms with E-state index in [0.29, 0.717) is 12.1 Å². The number of nitrogens with one attached hydrogen (secondary N) is 1. The molecule has 0 aliphatic rings. The molecule has 1 aromatic carbocycles. The molecule has 1 aromatic rings. The van der Waals surface area contributed by atoms with Crippen molar-refractivity contribution in [1.82, 2.24) is 5.32 Å². The minimum atomic E-state index is -1.47. The summed E-state index contributed by atoms with van der Waals surface area (Å²) in [7, 11) is 0. The third-order valence-corrected chi connectivity index (χ3v) is 2.38. The molecule has 1 rings (SSSR count). The molecule has 0 unspecified atom stereocenters. The lowest BCUT2D eigenvalue weighted by Gasteiger charge is -2.13. The molecule has 0 aliphatic carbocycles. The molecule has 0 saturated heterocycles. The van der Waals surface area contributed by atoms with Gasteiger partial charge in [-0.1, -0.05) is 0 Å². The van der Waals surface area contributed by atoms with Crippen molar-refractivity contribution in [3.05, 3.63) is 35.1 Å². The quantitative estimate of drug-likeness (QED) is 0.860. The van der Waals surface area contributed by atoms with E-state index >= 15 is 0 Å². The molecule has 1 amide bonds. The number of carbonyl (C=O) groups is 2. The predicted molar refractivity (Wildman–Crippen MR) is 60.1 cm³/mol. The van der Waals surface area contributed by atoms with Gasteiger partial charge >= 0.3 is 5.97 Å². The van der Waals surface area contributed by atoms with Gasteiger partial charge in [0.1, 0.15) is 29.1 Å². The third kappa shape index (κ3) is 3.71. The summed E-state index contributed by atoms with van der Waals surface area (Å²) >= 11 is 0.